The van der Waals surface area contributed by atoms with E-state index >= 15 is 0 Å². The highest BCUT2D eigenvalue weighted by Crippen LogP contribution is 2.19. The molecule has 0 N–H and O–H groups in total. The van der Waals surface area contributed by atoms with Gasteiger partial charge in [0.1, 0.15) is 5.75 Å². The lowest BCUT2D eigenvalue weighted by Gasteiger charge is -2.05. The van der Waals surface area contributed by atoms with Crippen molar-refractivity contribution in [1.82, 2.24) is 0 Å². The summed E-state index contributed by atoms with van der Waals surface area (Å²) in [7, 11) is 1.49. The minimum atomic E-state index is -4.31. The predicted molar refractivity (Wildman–Crippen MR) is 54.0 cm³/mol. The van der Waals surface area contributed by atoms with Crippen molar-refractivity contribution in [3.8, 4) is 5.75 Å². The van der Waals surface area contributed by atoms with E-state index in [0.717, 1.165) is 6.26 Å². The van der Waals surface area contributed by atoms with Crippen LogP contribution in [-0.4, -0.2) is 19.9 Å². The van der Waals surface area contributed by atoms with Gasteiger partial charge in [-0.2, -0.15) is 13.2 Å². The summed E-state index contributed by atoms with van der Waals surface area (Å²) in [5.41, 5.74) is 0.659. The first-order valence-electron chi connectivity index (χ1n) is 4.51. The van der Waals surface area contributed by atoms with Crippen LogP contribution in [0.15, 0.2) is 30.5 Å². The highest BCUT2D eigenvalue weighted by atomic mass is 19.4. The second-order valence-corrected chi connectivity index (χ2v) is 2.97. The largest absolute Gasteiger partial charge is 0.496 e. The molecule has 88 valence electrons. The van der Waals surface area contributed by atoms with Gasteiger partial charge in [0, 0.05) is 5.56 Å². The highest BCUT2D eigenvalue weighted by molar-refractivity contribution is 5.56. The zero-order valence-electron chi connectivity index (χ0n) is 8.62. The summed E-state index contributed by atoms with van der Waals surface area (Å²) < 4.78 is 44.6. The molecule has 0 radical (unpaired) electrons. The van der Waals surface area contributed by atoms with Gasteiger partial charge in [0.05, 0.1) is 13.4 Å². The van der Waals surface area contributed by atoms with E-state index in [4.69, 9.17) is 4.74 Å². The fourth-order valence-electron chi connectivity index (χ4n) is 1.07. The minimum absolute atomic E-state index is 0.578. The molecule has 0 bridgehead atoms. The third-order valence-corrected chi connectivity index (χ3v) is 1.73. The third kappa shape index (κ3) is 4.25. The molecule has 1 aromatic rings. The molecule has 16 heavy (non-hydrogen) atoms. The van der Waals surface area contributed by atoms with E-state index in [2.05, 4.69) is 4.74 Å². The van der Waals surface area contributed by atoms with Gasteiger partial charge in [0.15, 0.2) is 6.61 Å². The van der Waals surface area contributed by atoms with Gasteiger partial charge < -0.3 is 9.47 Å². The smallest absolute Gasteiger partial charge is 0.422 e. The number of halogens is 3. The zero-order valence-corrected chi connectivity index (χ0v) is 8.62. The normalized spacial score (nSPS) is 11.8. The van der Waals surface area contributed by atoms with Gasteiger partial charge in [-0.25, -0.2) is 0 Å². The summed E-state index contributed by atoms with van der Waals surface area (Å²) in [6.07, 6.45) is -1.89. The van der Waals surface area contributed by atoms with E-state index in [-0.39, 0.29) is 0 Å². The third-order valence-electron chi connectivity index (χ3n) is 1.73. The second kappa shape index (κ2) is 5.44. The van der Waals surface area contributed by atoms with Crippen molar-refractivity contribution >= 4 is 6.08 Å². The van der Waals surface area contributed by atoms with Crippen LogP contribution >= 0.6 is 0 Å². The van der Waals surface area contributed by atoms with Crippen LogP contribution in [0.1, 0.15) is 5.56 Å². The van der Waals surface area contributed by atoms with Crippen LogP contribution < -0.4 is 4.74 Å². The molecule has 2 nitrogen and oxygen atoms in total. The minimum Gasteiger partial charge on any atom is -0.496 e. The molecule has 0 heterocycles. The van der Waals surface area contributed by atoms with Gasteiger partial charge in [-0.15, -0.1) is 0 Å². The van der Waals surface area contributed by atoms with Crippen molar-refractivity contribution in [3.05, 3.63) is 36.1 Å². The molecule has 0 spiro atoms. The van der Waals surface area contributed by atoms with Gasteiger partial charge in [-0.05, 0) is 12.1 Å². The predicted octanol–water partition coefficient (Wildman–Crippen LogP) is 3.24. The number of methoxy groups -OCH3 is 1. The van der Waals surface area contributed by atoms with Crippen LogP contribution in [0.25, 0.3) is 6.08 Å². The summed E-state index contributed by atoms with van der Waals surface area (Å²) in [5, 5.41) is 0. The fraction of sp³-hybridized carbons (Fsp3) is 0.273. The fourth-order valence-corrected chi connectivity index (χ4v) is 1.07. The van der Waals surface area contributed by atoms with Crippen LogP contribution in [0.2, 0.25) is 0 Å². The Morgan fingerprint density at radius 1 is 1.25 bits per heavy atom. The summed E-state index contributed by atoms with van der Waals surface area (Å²) in [6, 6.07) is 6.95. The lowest BCUT2D eigenvalue weighted by molar-refractivity contribution is -0.161. The highest BCUT2D eigenvalue weighted by Gasteiger charge is 2.27. The molecule has 0 aliphatic heterocycles. The van der Waals surface area contributed by atoms with Gasteiger partial charge in [-0.1, -0.05) is 18.2 Å². The molecule has 0 fully saturated rings. The molecule has 0 aliphatic carbocycles. The van der Waals surface area contributed by atoms with E-state index in [9.17, 15) is 13.2 Å². The second-order valence-electron chi connectivity index (χ2n) is 2.97. The van der Waals surface area contributed by atoms with Crippen LogP contribution in [0.5, 0.6) is 5.75 Å². The van der Waals surface area contributed by atoms with Crippen molar-refractivity contribution in [2.45, 2.75) is 6.18 Å². The lowest BCUT2D eigenvalue weighted by Crippen LogP contribution is -2.14. The summed E-state index contributed by atoms with van der Waals surface area (Å²) in [6.45, 7) is -1.29. The first kappa shape index (κ1) is 12.4. The van der Waals surface area contributed by atoms with Crippen molar-refractivity contribution < 1.29 is 22.6 Å². The van der Waals surface area contributed by atoms with Crippen LogP contribution in [-0.2, 0) is 4.74 Å². The number of hydrogen-bond acceptors (Lipinski definition) is 2. The van der Waals surface area contributed by atoms with Gasteiger partial charge in [-0.3, -0.25) is 0 Å². The SMILES string of the molecule is COc1ccccc1/C=C/OCC(F)(F)F. The van der Waals surface area contributed by atoms with Gasteiger partial charge in [0.25, 0.3) is 0 Å². The van der Waals surface area contributed by atoms with Crippen LogP contribution in [0.3, 0.4) is 0 Å². The number of ether oxygens (including phenoxy) is 2. The average molecular weight is 232 g/mol. The molecule has 0 atom stereocenters. The van der Waals surface area contributed by atoms with Crippen LogP contribution in [0.4, 0.5) is 13.2 Å². The lowest BCUT2D eigenvalue weighted by atomic mass is 10.2. The molecular weight excluding hydrogens is 221 g/mol. The van der Waals surface area contributed by atoms with E-state index in [0.29, 0.717) is 11.3 Å². The summed E-state index contributed by atoms with van der Waals surface area (Å²) >= 11 is 0. The molecular formula is C11H11F3O2. The maximum Gasteiger partial charge on any atom is 0.422 e. The Morgan fingerprint density at radius 3 is 2.56 bits per heavy atom. The Kier molecular flexibility index (Phi) is 4.22. The number of alkyl halides is 3. The van der Waals surface area contributed by atoms with Crippen molar-refractivity contribution in [2.75, 3.05) is 13.7 Å². The molecule has 0 saturated heterocycles. The molecule has 1 aromatic carbocycles. The monoisotopic (exact) mass is 232 g/mol. The summed E-state index contributed by atoms with van der Waals surface area (Å²) in [4.78, 5) is 0. The molecule has 0 amide bonds. The topological polar surface area (TPSA) is 18.5 Å². The Hall–Kier alpha value is -1.65. The van der Waals surface area contributed by atoms with Crippen molar-refractivity contribution in [3.63, 3.8) is 0 Å². The standard InChI is InChI=1S/C11H11F3O2/c1-15-10-5-3-2-4-9(10)6-7-16-8-11(12,13)14/h2-7H,8H2,1H3/b7-6+. The summed E-state index contributed by atoms with van der Waals surface area (Å²) in [5.74, 6) is 0.578. The first-order chi connectivity index (χ1) is 7.53. The number of benzene rings is 1. The molecule has 0 saturated carbocycles. The Balaban J connectivity index is 2.56. The Labute approximate surface area is 91.3 Å². The Morgan fingerprint density at radius 2 is 1.94 bits per heavy atom. The van der Waals surface area contributed by atoms with E-state index in [1.54, 1.807) is 24.3 Å². The maximum atomic E-state index is 11.7. The number of hydrogen-bond donors (Lipinski definition) is 0. The quantitative estimate of drug-likeness (QED) is 0.742. The average Bonchev–Trinajstić information content (AvgIpc) is 2.23. The van der Waals surface area contributed by atoms with Crippen molar-refractivity contribution in [2.24, 2.45) is 0 Å². The number of para-hydroxylation sites is 1. The van der Waals surface area contributed by atoms with E-state index in [1.807, 2.05) is 0 Å². The van der Waals surface area contributed by atoms with E-state index < -0.39 is 12.8 Å². The maximum absolute atomic E-state index is 11.7. The van der Waals surface area contributed by atoms with Gasteiger partial charge >= 0.3 is 6.18 Å². The molecule has 0 unspecified atom stereocenters. The first-order valence-corrected chi connectivity index (χ1v) is 4.51. The zero-order chi connectivity index (χ0) is 12.0. The van der Waals surface area contributed by atoms with E-state index in [1.165, 1.54) is 13.2 Å². The molecule has 1 rings (SSSR count). The van der Waals surface area contributed by atoms with Crippen LogP contribution in [0, 0.1) is 0 Å². The Bertz CT molecular complexity index is 358. The molecule has 0 aromatic heterocycles. The molecule has 0 aliphatic rings. The number of rotatable bonds is 4. The van der Waals surface area contributed by atoms with Gasteiger partial charge in [0.2, 0.25) is 0 Å². The molecule has 5 heteroatoms. The van der Waals surface area contributed by atoms with Crippen molar-refractivity contribution in [1.29, 1.82) is 0 Å².